The van der Waals surface area contributed by atoms with Gasteiger partial charge in [-0.05, 0) is 0 Å². The molecule has 0 aromatic heterocycles. The minimum Gasteiger partial charge on any atom is -0.388 e. The topological polar surface area (TPSA) is 162 Å². The Morgan fingerprint density at radius 2 is 1.62 bits per heavy atom. The Balaban J connectivity index is 4.27. The standard InChI is InChI=1S/C6H12O9S/c7-1-3(8)5(10)6(11)4(9)2-15-16(12,13)14/h1,3-6,8-11H,2H2,(H,12,13,14). The van der Waals surface area contributed by atoms with Gasteiger partial charge in [0.2, 0.25) is 0 Å². The van der Waals surface area contributed by atoms with Crippen LogP contribution in [0, 0.1) is 0 Å². The fourth-order valence-electron chi connectivity index (χ4n) is 0.764. The maximum Gasteiger partial charge on any atom is 0.397 e. The first-order valence-corrected chi connectivity index (χ1v) is 5.35. The van der Waals surface area contributed by atoms with Gasteiger partial charge in [-0.25, -0.2) is 4.18 Å². The normalized spacial score (nSPS) is 19.8. The van der Waals surface area contributed by atoms with Crippen LogP contribution in [-0.4, -0.2) is 70.7 Å². The zero-order chi connectivity index (χ0) is 12.9. The molecule has 4 unspecified atom stereocenters. The van der Waals surface area contributed by atoms with Gasteiger partial charge in [0, 0.05) is 0 Å². The number of aliphatic hydroxyl groups is 4. The molecule has 16 heavy (non-hydrogen) atoms. The van der Waals surface area contributed by atoms with Gasteiger partial charge in [0.25, 0.3) is 0 Å². The number of aliphatic hydroxyl groups excluding tert-OH is 4. The highest BCUT2D eigenvalue weighted by molar-refractivity contribution is 7.80. The largest absolute Gasteiger partial charge is 0.397 e. The summed E-state index contributed by atoms with van der Waals surface area (Å²) in [5, 5.41) is 36.0. The highest BCUT2D eigenvalue weighted by Crippen LogP contribution is 2.05. The molecule has 0 radical (unpaired) electrons. The van der Waals surface area contributed by atoms with E-state index >= 15 is 0 Å². The SMILES string of the molecule is O=CC(O)C(O)C(O)C(O)COS(=O)(=O)O. The minimum absolute atomic E-state index is 0.0791. The van der Waals surface area contributed by atoms with Crippen molar-refractivity contribution in [3.63, 3.8) is 0 Å². The predicted molar refractivity (Wildman–Crippen MR) is 47.6 cm³/mol. The molecule has 0 saturated heterocycles. The zero-order valence-electron chi connectivity index (χ0n) is 7.87. The van der Waals surface area contributed by atoms with Crippen molar-refractivity contribution in [3.05, 3.63) is 0 Å². The van der Waals surface area contributed by atoms with Gasteiger partial charge in [0.05, 0.1) is 6.61 Å². The Morgan fingerprint density at radius 3 is 2.00 bits per heavy atom. The summed E-state index contributed by atoms with van der Waals surface area (Å²) in [6.07, 6.45) is -7.94. The molecule has 0 spiro atoms. The average Bonchev–Trinajstić information content (AvgIpc) is 2.21. The fourth-order valence-corrected chi connectivity index (χ4v) is 1.08. The Labute approximate surface area is 90.9 Å². The van der Waals surface area contributed by atoms with Gasteiger partial charge < -0.3 is 25.2 Å². The van der Waals surface area contributed by atoms with Crippen molar-refractivity contribution < 1.29 is 42.4 Å². The lowest BCUT2D eigenvalue weighted by Gasteiger charge is -2.23. The molecule has 0 aromatic rings. The second-order valence-electron chi connectivity index (χ2n) is 2.89. The van der Waals surface area contributed by atoms with Crippen LogP contribution >= 0.6 is 0 Å². The summed E-state index contributed by atoms with van der Waals surface area (Å²) >= 11 is 0. The van der Waals surface area contributed by atoms with Crippen LogP contribution in [0.1, 0.15) is 0 Å². The molecule has 0 aromatic carbocycles. The smallest absolute Gasteiger partial charge is 0.388 e. The van der Waals surface area contributed by atoms with Crippen molar-refractivity contribution in [2.24, 2.45) is 0 Å². The van der Waals surface area contributed by atoms with Crippen molar-refractivity contribution in [1.29, 1.82) is 0 Å². The molecule has 0 heterocycles. The van der Waals surface area contributed by atoms with Gasteiger partial charge >= 0.3 is 10.4 Å². The van der Waals surface area contributed by atoms with Crippen molar-refractivity contribution in [3.8, 4) is 0 Å². The van der Waals surface area contributed by atoms with E-state index in [2.05, 4.69) is 4.18 Å². The van der Waals surface area contributed by atoms with Crippen LogP contribution in [0.2, 0.25) is 0 Å². The molecule has 10 heteroatoms. The van der Waals surface area contributed by atoms with E-state index in [9.17, 15) is 13.2 Å². The Morgan fingerprint density at radius 1 is 1.12 bits per heavy atom. The van der Waals surface area contributed by atoms with Gasteiger partial charge in [0.1, 0.15) is 24.4 Å². The molecule has 0 aliphatic heterocycles. The van der Waals surface area contributed by atoms with E-state index in [0.717, 1.165) is 0 Å². The number of hydrogen-bond donors (Lipinski definition) is 5. The molecule has 0 aliphatic carbocycles. The molecule has 0 saturated carbocycles. The molecule has 5 N–H and O–H groups in total. The second kappa shape index (κ2) is 6.20. The van der Waals surface area contributed by atoms with Crippen LogP contribution < -0.4 is 0 Å². The third kappa shape index (κ3) is 5.46. The van der Waals surface area contributed by atoms with Crippen molar-refractivity contribution in [2.75, 3.05) is 6.61 Å². The minimum atomic E-state index is -4.79. The van der Waals surface area contributed by atoms with Crippen LogP contribution in [0.5, 0.6) is 0 Å². The van der Waals surface area contributed by atoms with Crippen LogP contribution in [0.4, 0.5) is 0 Å². The zero-order valence-corrected chi connectivity index (χ0v) is 8.69. The molecule has 9 nitrogen and oxygen atoms in total. The molecule has 0 rings (SSSR count). The third-order valence-electron chi connectivity index (χ3n) is 1.62. The molecule has 0 amide bonds. The highest BCUT2D eigenvalue weighted by atomic mass is 32.3. The lowest BCUT2D eigenvalue weighted by molar-refractivity contribution is -0.135. The van der Waals surface area contributed by atoms with Crippen molar-refractivity contribution in [2.45, 2.75) is 24.4 Å². The van der Waals surface area contributed by atoms with Crippen molar-refractivity contribution >= 4 is 16.7 Å². The lowest BCUT2D eigenvalue weighted by atomic mass is 10.0. The van der Waals surface area contributed by atoms with E-state index in [1.54, 1.807) is 0 Å². The molecule has 4 atom stereocenters. The van der Waals surface area contributed by atoms with E-state index in [0.29, 0.717) is 0 Å². The summed E-state index contributed by atoms with van der Waals surface area (Å²) in [5.74, 6) is 0. The number of carbonyl (C=O) groups excluding carboxylic acids is 1. The molecule has 0 fully saturated rings. The summed E-state index contributed by atoms with van der Waals surface area (Å²) in [5.41, 5.74) is 0. The Kier molecular flexibility index (Phi) is 5.96. The molecular formula is C6H12O9S. The van der Waals surface area contributed by atoms with E-state index in [1.165, 1.54) is 0 Å². The van der Waals surface area contributed by atoms with E-state index in [1.807, 2.05) is 0 Å². The first-order valence-electron chi connectivity index (χ1n) is 3.98. The van der Waals surface area contributed by atoms with Gasteiger partial charge in [-0.15, -0.1) is 0 Å². The monoisotopic (exact) mass is 260 g/mol. The molecule has 0 bridgehead atoms. The second-order valence-corrected chi connectivity index (χ2v) is 3.98. The molecular weight excluding hydrogens is 248 g/mol. The Hall–Kier alpha value is -0.620. The summed E-state index contributed by atoms with van der Waals surface area (Å²) in [4.78, 5) is 10.0. The quantitative estimate of drug-likeness (QED) is 0.230. The van der Waals surface area contributed by atoms with Crippen LogP contribution in [-0.2, 0) is 19.4 Å². The van der Waals surface area contributed by atoms with Gasteiger partial charge in [-0.1, -0.05) is 0 Å². The first-order chi connectivity index (χ1) is 7.19. The molecule has 96 valence electrons. The lowest BCUT2D eigenvalue weighted by Crippen LogP contribution is -2.46. The number of aldehydes is 1. The van der Waals surface area contributed by atoms with E-state index in [4.69, 9.17) is 25.0 Å². The van der Waals surface area contributed by atoms with Crippen LogP contribution in [0.3, 0.4) is 0 Å². The summed E-state index contributed by atoms with van der Waals surface area (Å²) in [7, 11) is -4.79. The van der Waals surface area contributed by atoms with Gasteiger partial charge in [-0.3, -0.25) is 4.55 Å². The average molecular weight is 260 g/mol. The van der Waals surface area contributed by atoms with Gasteiger partial charge in [0.15, 0.2) is 6.29 Å². The fraction of sp³-hybridized carbons (Fsp3) is 0.833. The van der Waals surface area contributed by atoms with Crippen LogP contribution in [0.25, 0.3) is 0 Å². The van der Waals surface area contributed by atoms with Crippen molar-refractivity contribution in [1.82, 2.24) is 0 Å². The number of hydrogen-bond acceptors (Lipinski definition) is 8. The summed E-state index contributed by atoms with van der Waals surface area (Å²) in [6.45, 7) is -1.04. The third-order valence-corrected chi connectivity index (χ3v) is 2.06. The maximum atomic E-state index is 10.1. The number of rotatable bonds is 7. The predicted octanol–water partition coefficient (Wildman–Crippen LogP) is -3.55. The van der Waals surface area contributed by atoms with E-state index < -0.39 is 41.4 Å². The summed E-state index contributed by atoms with van der Waals surface area (Å²) in [6, 6.07) is 0. The first kappa shape index (κ1) is 15.4. The van der Waals surface area contributed by atoms with Gasteiger partial charge in [-0.2, -0.15) is 8.42 Å². The Bertz CT molecular complexity index is 312. The van der Waals surface area contributed by atoms with Crippen LogP contribution in [0.15, 0.2) is 0 Å². The number of carbonyl (C=O) groups is 1. The maximum absolute atomic E-state index is 10.1. The van der Waals surface area contributed by atoms with E-state index in [-0.39, 0.29) is 6.29 Å². The molecule has 0 aliphatic rings. The highest BCUT2D eigenvalue weighted by Gasteiger charge is 2.31. The summed E-state index contributed by atoms with van der Waals surface area (Å²) < 4.78 is 32.0.